The van der Waals surface area contributed by atoms with Crippen LogP contribution in [0.3, 0.4) is 0 Å². The molecule has 2 rings (SSSR count). The van der Waals surface area contributed by atoms with Crippen LogP contribution < -0.4 is 10.6 Å². The Labute approximate surface area is 175 Å². The Balaban J connectivity index is 2.26. The number of carbonyl (C=O) groups is 2. The SMILES string of the molecule is CCOC(=O)c1c(NC(=O)C[NH2+]CCC(C)C)sc(Cl)c1-c1ccc(C)cc1. The third kappa shape index (κ3) is 6.06. The Morgan fingerprint density at radius 2 is 1.93 bits per heavy atom. The van der Waals surface area contributed by atoms with Crippen molar-refractivity contribution in [1.29, 1.82) is 0 Å². The number of rotatable bonds is 9. The van der Waals surface area contributed by atoms with Crippen LogP contribution in [0.1, 0.15) is 43.1 Å². The number of nitrogens with two attached hydrogens (primary N) is 1. The van der Waals surface area contributed by atoms with E-state index in [1.807, 2.05) is 36.5 Å². The molecule has 0 unspecified atom stereocenters. The van der Waals surface area contributed by atoms with Crippen LogP contribution in [0.15, 0.2) is 24.3 Å². The van der Waals surface area contributed by atoms with Gasteiger partial charge in [-0.25, -0.2) is 4.79 Å². The number of amides is 1. The number of aryl methyl sites for hydroxylation is 1. The smallest absolute Gasteiger partial charge is 0.341 e. The average Bonchev–Trinajstić information content (AvgIpc) is 2.95. The first kappa shape index (κ1) is 22.4. The summed E-state index contributed by atoms with van der Waals surface area (Å²) in [6.45, 7) is 9.47. The highest BCUT2D eigenvalue weighted by Gasteiger charge is 2.26. The molecule has 5 nitrogen and oxygen atoms in total. The van der Waals surface area contributed by atoms with Crippen LogP contribution in [0, 0.1) is 12.8 Å². The minimum Gasteiger partial charge on any atom is -0.462 e. The zero-order valence-corrected chi connectivity index (χ0v) is 18.4. The van der Waals surface area contributed by atoms with E-state index in [9.17, 15) is 9.59 Å². The van der Waals surface area contributed by atoms with E-state index in [2.05, 4.69) is 19.2 Å². The van der Waals surface area contributed by atoms with E-state index >= 15 is 0 Å². The number of ether oxygens (including phenoxy) is 1. The summed E-state index contributed by atoms with van der Waals surface area (Å²) in [7, 11) is 0. The largest absolute Gasteiger partial charge is 0.462 e. The van der Waals surface area contributed by atoms with Crippen LogP contribution in [-0.4, -0.2) is 31.6 Å². The summed E-state index contributed by atoms with van der Waals surface area (Å²) >= 11 is 7.65. The van der Waals surface area contributed by atoms with Crippen LogP contribution in [0.25, 0.3) is 11.1 Å². The summed E-state index contributed by atoms with van der Waals surface area (Å²) in [4.78, 5) is 25.0. The lowest BCUT2D eigenvalue weighted by atomic mass is 10.0. The van der Waals surface area contributed by atoms with Crippen LogP contribution in [0.4, 0.5) is 5.00 Å². The monoisotopic (exact) mass is 423 g/mol. The molecule has 0 atom stereocenters. The maximum Gasteiger partial charge on any atom is 0.341 e. The number of hydrogen-bond acceptors (Lipinski definition) is 4. The number of thiophene rings is 1. The first-order valence-electron chi connectivity index (χ1n) is 9.51. The van der Waals surface area contributed by atoms with Gasteiger partial charge in [-0.15, -0.1) is 11.3 Å². The number of esters is 1. The summed E-state index contributed by atoms with van der Waals surface area (Å²) in [6.07, 6.45) is 1.05. The van der Waals surface area contributed by atoms with Gasteiger partial charge in [0.2, 0.25) is 0 Å². The molecule has 1 aromatic heterocycles. The molecule has 28 heavy (non-hydrogen) atoms. The van der Waals surface area contributed by atoms with Gasteiger partial charge in [0.15, 0.2) is 6.54 Å². The number of benzene rings is 1. The van der Waals surface area contributed by atoms with Gasteiger partial charge < -0.3 is 15.4 Å². The molecule has 0 aliphatic carbocycles. The molecule has 0 aliphatic heterocycles. The second-order valence-electron chi connectivity index (χ2n) is 7.05. The second kappa shape index (κ2) is 10.6. The zero-order valence-electron chi connectivity index (χ0n) is 16.8. The standard InChI is InChI=1S/C21H27ClN2O3S/c1-5-27-21(26)18-17(15-8-6-14(4)7-9-15)19(22)28-20(18)24-16(25)12-23-11-10-13(2)3/h6-9,13,23H,5,10-12H2,1-4H3,(H,24,25)/p+1. The summed E-state index contributed by atoms with van der Waals surface area (Å²) in [5.74, 6) is -0.0501. The third-order valence-corrected chi connectivity index (χ3v) is 5.53. The lowest BCUT2D eigenvalue weighted by Crippen LogP contribution is -2.86. The van der Waals surface area contributed by atoms with Gasteiger partial charge in [-0.1, -0.05) is 55.3 Å². The average molecular weight is 424 g/mol. The molecule has 0 radical (unpaired) electrons. The Hall–Kier alpha value is -1.89. The Bertz CT molecular complexity index is 816. The van der Waals surface area contributed by atoms with E-state index in [0.29, 0.717) is 32.9 Å². The maximum atomic E-state index is 12.6. The fraction of sp³-hybridized carbons (Fsp3) is 0.429. The number of anilines is 1. The Morgan fingerprint density at radius 3 is 2.54 bits per heavy atom. The van der Waals surface area contributed by atoms with Crippen molar-refractivity contribution < 1.29 is 19.6 Å². The molecule has 0 bridgehead atoms. The van der Waals surface area contributed by atoms with Crippen molar-refractivity contribution in [2.24, 2.45) is 5.92 Å². The highest BCUT2D eigenvalue weighted by atomic mass is 35.5. The van der Waals surface area contributed by atoms with Gasteiger partial charge in [0.1, 0.15) is 14.9 Å². The van der Waals surface area contributed by atoms with E-state index < -0.39 is 5.97 Å². The first-order chi connectivity index (χ1) is 13.3. The molecule has 152 valence electrons. The number of halogens is 1. The van der Waals surface area contributed by atoms with Crippen LogP contribution in [0.2, 0.25) is 4.34 Å². The van der Waals surface area contributed by atoms with Gasteiger partial charge in [-0.2, -0.15) is 0 Å². The van der Waals surface area contributed by atoms with Gasteiger partial charge in [0.05, 0.1) is 13.2 Å². The molecule has 2 aromatic rings. The van der Waals surface area contributed by atoms with Crippen LogP contribution in [-0.2, 0) is 9.53 Å². The lowest BCUT2D eigenvalue weighted by Gasteiger charge is -2.09. The third-order valence-electron chi connectivity index (χ3n) is 4.22. The highest BCUT2D eigenvalue weighted by Crippen LogP contribution is 2.44. The predicted molar refractivity (Wildman–Crippen MR) is 115 cm³/mol. The molecule has 1 amide bonds. The van der Waals surface area contributed by atoms with E-state index in [1.165, 1.54) is 11.3 Å². The summed E-state index contributed by atoms with van der Waals surface area (Å²) in [5.41, 5.74) is 2.84. The van der Waals surface area contributed by atoms with Crippen molar-refractivity contribution in [3.05, 3.63) is 39.7 Å². The van der Waals surface area contributed by atoms with Crippen molar-refractivity contribution >= 4 is 39.8 Å². The molecule has 0 fully saturated rings. The molecule has 1 heterocycles. The van der Waals surface area contributed by atoms with Crippen LogP contribution >= 0.6 is 22.9 Å². The molecule has 7 heteroatoms. The van der Waals surface area contributed by atoms with Crippen LogP contribution in [0.5, 0.6) is 0 Å². The fourth-order valence-electron chi connectivity index (χ4n) is 2.73. The molecule has 0 aliphatic rings. The molecule has 0 spiro atoms. The normalized spacial score (nSPS) is 10.9. The van der Waals surface area contributed by atoms with E-state index in [-0.39, 0.29) is 12.5 Å². The van der Waals surface area contributed by atoms with Gasteiger partial charge in [0.25, 0.3) is 5.91 Å². The number of nitrogens with one attached hydrogen (secondary N) is 1. The molecular weight excluding hydrogens is 396 g/mol. The van der Waals surface area contributed by atoms with E-state index in [1.54, 1.807) is 6.92 Å². The molecule has 3 N–H and O–H groups in total. The fourth-order valence-corrected chi connectivity index (χ4v) is 4.12. The molecule has 0 saturated carbocycles. The Morgan fingerprint density at radius 1 is 1.25 bits per heavy atom. The number of hydrogen-bond donors (Lipinski definition) is 2. The zero-order chi connectivity index (χ0) is 20.7. The number of carbonyl (C=O) groups excluding carboxylic acids is 2. The number of quaternary nitrogens is 1. The molecule has 0 saturated heterocycles. The second-order valence-corrected chi connectivity index (χ2v) is 8.68. The van der Waals surface area contributed by atoms with E-state index in [0.717, 1.165) is 24.1 Å². The summed E-state index contributed by atoms with van der Waals surface area (Å²) in [6, 6.07) is 7.75. The van der Waals surface area contributed by atoms with Crippen molar-refractivity contribution in [3.63, 3.8) is 0 Å². The quantitative estimate of drug-likeness (QED) is 0.471. The summed E-state index contributed by atoms with van der Waals surface area (Å²) in [5, 5.41) is 5.24. The molecule has 1 aromatic carbocycles. The molecular formula is C21H28ClN2O3S+. The van der Waals surface area contributed by atoms with Gasteiger partial charge >= 0.3 is 5.97 Å². The highest BCUT2D eigenvalue weighted by molar-refractivity contribution is 7.21. The van der Waals surface area contributed by atoms with Crippen molar-refractivity contribution in [3.8, 4) is 11.1 Å². The van der Waals surface area contributed by atoms with Crippen molar-refractivity contribution in [1.82, 2.24) is 0 Å². The van der Waals surface area contributed by atoms with Gasteiger partial charge in [-0.05, 0) is 31.7 Å². The first-order valence-corrected chi connectivity index (χ1v) is 10.7. The Kier molecular flexibility index (Phi) is 8.48. The summed E-state index contributed by atoms with van der Waals surface area (Å²) < 4.78 is 5.67. The lowest BCUT2D eigenvalue weighted by molar-refractivity contribution is -0.644. The van der Waals surface area contributed by atoms with Gasteiger partial charge in [-0.3, -0.25) is 4.79 Å². The minimum absolute atomic E-state index is 0.164. The van der Waals surface area contributed by atoms with E-state index in [4.69, 9.17) is 16.3 Å². The predicted octanol–water partition coefficient (Wildman–Crippen LogP) is 4.10. The maximum absolute atomic E-state index is 12.6. The van der Waals surface area contributed by atoms with Crippen molar-refractivity contribution in [2.45, 2.75) is 34.1 Å². The van der Waals surface area contributed by atoms with Gasteiger partial charge in [0, 0.05) is 5.56 Å². The topological polar surface area (TPSA) is 72.0 Å². The minimum atomic E-state index is -0.486. The van der Waals surface area contributed by atoms with Crippen molar-refractivity contribution in [2.75, 3.05) is 25.0 Å².